The molecule has 0 spiro atoms. The number of imidazole rings is 1. The molecule has 0 unspecified atom stereocenters. The van der Waals surface area contributed by atoms with E-state index in [0.717, 1.165) is 32.0 Å². The van der Waals surface area contributed by atoms with Gasteiger partial charge >= 0.3 is 0 Å². The van der Waals surface area contributed by atoms with Gasteiger partial charge in [-0.25, -0.2) is 9.37 Å². The Bertz CT molecular complexity index is 1080. The van der Waals surface area contributed by atoms with Gasteiger partial charge < -0.3 is 20.3 Å². The number of nitrogens with one attached hydrogen (secondary N) is 2. The Labute approximate surface area is 172 Å². The van der Waals surface area contributed by atoms with E-state index in [1.165, 1.54) is 20.1 Å². The van der Waals surface area contributed by atoms with Crippen molar-refractivity contribution in [2.75, 3.05) is 43.5 Å². The number of nitrogens with zero attached hydrogens (tertiary/aromatic N) is 3. The molecule has 1 aliphatic rings. The first-order valence-electron chi connectivity index (χ1n) is 9.27. The fourth-order valence-electron chi connectivity index (χ4n) is 3.61. The lowest BCUT2D eigenvalue weighted by atomic mass is 10.0. The van der Waals surface area contributed by atoms with Crippen molar-refractivity contribution in [1.29, 1.82) is 0 Å². The molecule has 152 valence electrons. The number of aromatic nitrogens is 2. The zero-order chi connectivity index (χ0) is 20.5. The van der Waals surface area contributed by atoms with Crippen LogP contribution in [0.2, 0.25) is 5.02 Å². The predicted octanol–water partition coefficient (Wildman–Crippen LogP) is 3.17. The van der Waals surface area contributed by atoms with Gasteiger partial charge in [0.2, 0.25) is 5.91 Å². The maximum absolute atomic E-state index is 14.6. The minimum atomic E-state index is -0.438. The summed E-state index contributed by atoms with van der Waals surface area (Å²) in [6.45, 7) is 4.62. The zero-order valence-corrected chi connectivity index (χ0v) is 16.9. The third kappa shape index (κ3) is 3.61. The van der Waals surface area contributed by atoms with Crippen molar-refractivity contribution in [1.82, 2.24) is 14.7 Å². The summed E-state index contributed by atoms with van der Waals surface area (Å²) in [5.41, 5.74) is 1.29. The molecule has 1 fully saturated rings. The third-order valence-electron chi connectivity index (χ3n) is 4.86. The fourth-order valence-corrected chi connectivity index (χ4v) is 3.85. The Balaban J connectivity index is 1.92. The lowest BCUT2D eigenvalue weighted by Crippen LogP contribution is -2.44. The number of halogens is 2. The number of pyridine rings is 1. The molecule has 2 aromatic heterocycles. The first-order valence-corrected chi connectivity index (χ1v) is 9.65. The topological polar surface area (TPSA) is 70.9 Å². The van der Waals surface area contributed by atoms with Gasteiger partial charge in [-0.2, -0.15) is 0 Å². The molecule has 7 nitrogen and oxygen atoms in total. The van der Waals surface area contributed by atoms with Crippen molar-refractivity contribution in [3.63, 3.8) is 0 Å². The number of carbonyl (C=O) groups is 1. The normalized spacial score (nSPS) is 14.3. The molecular formula is C20H21ClFN5O2. The predicted molar refractivity (Wildman–Crippen MR) is 112 cm³/mol. The van der Waals surface area contributed by atoms with Crippen LogP contribution in [0.5, 0.6) is 5.75 Å². The number of hydrogen-bond acceptors (Lipinski definition) is 5. The number of carbonyl (C=O) groups excluding carboxylic acids is 1. The highest BCUT2D eigenvalue weighted by Gasteiger charge is 2.23. The van der Waals surface area contributed by atoms with Crippen LogP contribution in [0.25, 0.3) is 16.8 Å². The Kier molecular flexibility index (Phi) is 5.29. The average Bonchev–Trinajstić information content (AvgIpc) is 3.03. The van der Waals surface area contributed by atoms with Crippen molar-refractivity contribution >= 4 is 34.8 Å². The molecule has 0 aliphatic carbocycles. The van der Waals surface area contributed by atoms with Gasteiger partial charge in [-0.05, 0) is 18.2 Å². The molecule has 3 heterocycles. The van der Waals surface area contributed by atoms with Crippen molar-refractivity contribution in [2.24, 2.45) is 0 Å². The Morgan fingerprint density at radius 3 is 2.79 bits per heavy atom. The van der Waals surface area contributed by atoms with E-state index in [0.29, 0.717) is 27.8 Å². The van der Waals surface area contributed by atoms with Gasteiger partial charge in [0.15, 0.2) is 11.6 Å². The van der Waals surface area contributed by atoms with Gasteiger partial charge in [0, 0.05) is 44.9 Å². The summed E-state index contributed by atoms with van der Waals surface area (Å²) in [5.74, 6) is 0.935. The smallest absolute Gasteiger partial charge is 0.222 e. The number of piperazine rings is 1. The number of amides is 1. The SMILES string of the molecule is COc1cccc(F)c1-c1cc2nc(NC(C)=O)c(N3CCNCC3)n2cc1Cl. The second kappa shape index (κ2) is 7.88. The molecule has 29 heavy (non-hydrogen) atoms. The number of methoxy groups -OCH3 is 1. The van der Waals surface area contributed by atoms with Gasteiger partial charge in [0.05, 0.1) is 17.7 Å². The number of rotatable bonds is 4. The molecule has 0 bridgehead atoms. The Morgan fingerprint density at radius 2 is 2.10 bits per heavy atom. The molecular weight excluding hydrogens is 397 g/mol. The van der Waals surface area contributed by atoms with Crippen LogP contribution in [0, 0.1) is 5.82 Å². The summed E-state index contributed by atoms with van der Waals surface area (Å²) in [6, 6.07) is 6.33. The van der Waals surface area contributed by atoms with Gasteiger partial charge in [-0.15, -0.1) is 0 Å². The molecule has 1 aromatic carbocycles. The highest BCUT2D eigenvalue weighted by Crippen LogP contribution is 2.39. The lowest BCUT2D eigenvalue weighted by Gasteiger charge is -2.29. The summed E-state index contributed by atoms with van der Waals surface area (Å²) < 4.78 is 21.8. The van der Waals surface area contributed by atoms with Gasteiger partial charge in [0.25, 0.3) is 0 Å². The van der Waals surface area contributed by atoms with Crippen LogP contribution in [-0.4, -0.2) is 48.6 Å². The number of ether oxygens (including phenoxy) is 1. The maximum atomic E-state index is 14.6. The summed E-state index contributed by atoms with van der Waals surface area (Å²) in [5, 5.41) is 6.45. The molecule has 9 heteroatoms. The zero-order valence-electron chi connectivity index (χ0n) is 16.1. The summed E-state index contributed by atoms with van der Waals surface area (Å²) in [7, 11) is 1.48. The van der Waals surface area contributed by atoms with Crippen LogP contribution in [-0.2, 0) is 4.79 Å². The van der Waals surface area contributed by atoms with Crippen LogP contribution in [0.15, 0.2) is 30.5 Å². The molecule has 0 atom stereocenters. The number of fused-ring (bicyclic) bond motifs is 1. The van der Waals surface area contributed by atoms with Gasteiger partial charge in [-0.3, -0.25) is 9.20 Å². The summed E-state index contributed by atoms with van der Waals surface area (Å²) in [4.78, 5) is 18.5. The van der Waals surface area contributed by atoms with Crippen molar-refractivity contribution < 1.29 is 13.9 Å². The van der Waals surface area contributed by atoms with Crippen molar-refractivity contribution in [2.45, 2.75) is 6.92 Å². The van der Waals surface area contributed by atoms with Crippen LogP contribution in [0.3, 0.4) is 0 Å². The van der Waals surface area contributed by atoms with Crippen LogP contribution in [0.1, 0.15) is 6.92 Å². The van der Waals surface area contributed by atoms with Crippen LogP contribution >= 0.6 is 11.6 Å². The second-order valence-electron chi connectivity index (χ2n) is 6.78. The van der Waals surface area contributed by atoms with E-state index in [9.17, 15) is 9.18 Å². The second-order valence-corrected chi connectivity index (χ2v) is 7.19. The highest BCUT2D eigenvalue weighted by molar-refractivity contribution is 6.33. The quantitative estimate of drug-likeness (QED) is 0.682. The molecule has 1 saturated heterocycles. The Morgan fingerprint density at radius 1 is 1.34 bits per heavy atom. The highest BCUT2D eigenvalue weighted by atomic mass is 35.5. The third-order valence-corrected chi connectivity index (χ3v) is 5.16. The van der Waals surface area contributed by atoms with E-state index in [1.54, 1.807) is 24.4 Å². The first-order chi connectivity index (χ1) is 14.0. The van der Waals surface area contributed by atoms with Crippen molar-refractivity contribution in [3.05, 3.63) is 41.3 Å². The number of benzene rings is 1. The average molecular weight is 418 g/mol. The summed E-state index contributed by atoms with van der Waals surface area (Å²) >= 11 is 6.58. The van der Waals surface area contributed by atoms with Gasteiger partial charge in [0.1, 0.15) is 17.2 Å². The largest absolute Gasteiger partial charge is 0.496 e. The molecule has 2 N–H and O–H groups in total. The van der Waals surface area contributed by atoms with Crippen molar-refractivity contribution in [3.8, 4) is 16.9 Å². The molecule has 3 aromatic rings. The van der Waals surface area contributed by atoms with E-state index in [2.05, 4.69) is 20.5 Å². The van der Waals surface area contributed by atoms with E-state index in [1.807, 2.05) is 4.40 Å². The number of anilines is 2. The van der Waals surface area contributed by atoms with Crippen LogP contribution in [0.4, 0.5) is 16.0 Å². The molecule has 1 aliphatic heterocycles. The van der Waals surface area contributed by atoms with E-state index in [-0.39, 0.29) is 11.5 Å². The van der Waals surface area contributed by atoms with E-state index >= 15 is 0 Å². The standard InChI is InChI=1S/C20H21ClFN5O2/c1-12(28)24-19-20(26-8-6-23-7-9-26)27-11-14(21)13(10-17(27)25-19)18-15(22)4-3-5-16(18)29-2/h3-5,10-11,23H,6-9H2,1-2H3,(H,24,28). The lowest BCUT2D eigenvalue weighted by molar-refractivity contribution is -0.114. The summed E-state index contributed by atoms with van der Waals surface area (Å²) in [6.07, 6.45) is 1.70. The molecule has 0 radical (unpaired) electrons. The molecule has 0 saturated carbocycles. The van der Waals surface area contributed by atoms with E-state index in [4.69, 9.17) is 16.3 Å². The maximum Gasteiger partial charge on any atom is 0.222 e. The van der Waals surface area contributed by atoms with E-state index < -0.39 is 5.82 Å². The Hall–Kier alpha value is -2.84. The fraction of sp³-hybridized carbons (Fsp3) is 0.300. The monoisotopic (exact) mass is 417 g/mol. The minimum absolute atomic E-state index is 0.216. The number of hydrogen-bond donors (Lipinski definition) is 2. The van der Waals surface area contributed by atoms with Crippen LogP contribution < -0.4 is 20.3 Å². The molecule has 1 amide bonds. The van der Waals surface area contributed by atoms with Gasteiger partial charge in [-0.1, -0.05) is 17.7 Å². The first kappa shape index (κ1) is 19.5. The molecule has 4 rings (SSSR count). The minimum Gasteiger partial charge on any atom is -0.496 e.